The lowest BCUT2D eigenvalue weighted by molar-refractivity contribution is 0.523. The average molecular weight is 263 g/mol. The fourth-order valence-corrected chi connectivity index (χ4v) is 1.55. The Labute approximate surface area is 88.8 Å². The number of halogens is 1. The number of hydrogen-bond donors (Lipinski definition) is 1. The molecule has 1 aromatic carbocycles. The van der Waals surface area contributed by atoms with Gasteiger partial charge in [0.05, 0.1) is 4.75 Å². The van der Waals surface area contributed by atoms with Crippen molar-refractivity contribution in [1.29, 1.82) is 0 Å². The Hall–Kier alpha value is -0.190. The second-order valence-electron chi connectivity index (χ2n) is 3.27. The molecule has 13 heavy (non-hydrogen) atoms. The minimum Gasteiger partial charge on any atom is -0.305 e. The third kappa shape index (κ3) is 2.39. The summed E-state index contributed by atoms with van der Waals surface area (Å²) in [5.74, 6) is 0. The lowest BCUT2D eigenvalue weighted by Gasteiger charge is -2.20. The summed E-state index contributed by atoms with van der Waals surface area (Å²) in [4.78, 5) is 0. The smallest absolute Gasteiger partial charge is 0.163 e. The molecular formula is C9H11BrO2S. The van der Waals surface area contributed by atoms with Gasteiger partial charge in [-0.1, -0.05) is 28.1 Å². The van der Waals surface area contributed by atoms with Crippen molar-refractivity contribution >= 4 is 27.0 Å². The predicted molar refractivity (Wildman–Crippen MR) is 57.9 cm³/mol. The van der Waals surface area contributed by atoms with Crippen LogP contribution in [0.5, 0.6) is 0 Å². The molecule has 0 aliphatic rings. The third-order valence-electron chi connectivity index (χ3n) is 1.98. The van der Waals surface area contributed by atoms with Crippen molar-refractivity contribution < 1.29 is 8.76 Å². The van der Waals surface area contributed by atoms with Crippen LogP contribution < -0.4 is 0 Å². The maximum absolute atomic E-state index is 11.0. The van der Waals surface area contributed by atoms with E-state index in [1.807, 2.05) is 24.3 Å². The van der Waals surface area contributed by atoms with Gasteiger partial charge in [0, 0.05) is 4.47 Å². The summed E-state index contributed by atoms with van der Waals surface area (Å²) < 4.78 is 20.3. The summed E-state index contributed by atoms with van der Waals surface area (Å²) in [6, 6.07) is 7.42. The van der Waals surface area contributed by atoms with Gasteiger partial charge in [-0.2, -0.15) is 0 Å². The monoisotopic (exact) mass is 262 g/mol. The van der Waals surface area contributed by atoms with Gasteiger partial charge < -0.3 is 4.55 Å². The van der Waals surface area contributed by atoms with Gasteiger partial charge in [0.15, 0.2) is 11.1 Å². The van der Waals surface area contributed by atoms with Crippen LogP contribution in [-0.2, 0) is 15.8 Å². The zero-order valence-corrected chi connectivity index (χ0v) is 9.85. The zero-order chi connectivity index (χ0) is 10.1. The Balaban J connectivity index is 3.08. The molecule has 0 fully saturated rings. The van der Waals surface area contributed by atoms with Gasteiger partial charge in [-0.05, 0) is 31.5 Å². The molecule has 0 heterocycles. The van der Waals surface area contributed by atoms with Crippen LogP contribution in [0.15, 0.2) is 28.7 Å². The molecule has 0 saturated heterocycles. The first kappa shape index (κ1) is 10.9. The zero-order valence-electron chi connectivity index (χ0n) is 7.45. The molecule has 0 aliphatic heterocycles. The molecular weight excluding hydrogens is 252 g/mol. The number of benzene rings is 1. The van der Waals surface area contributed by atoms with Gasteiger partial charge in [0.1, 0.15) is 0 Å². The Morgan fingerprint density at radius 1 is 1.31 bits per heavy atom. The fourth-order valence-electron chi connectivity index (χ4n) is 0.952. The maximum Gasteiger partial charge on any atom is 0.163 e. The summed E-state index contributed by atoms with van der Waals surface area (Å²) in [6.07, 6.45) is 0. The van der Waals surface area contributed by atoms with Crippen molar-refractivity contribution in [3.05, 3.63) is 34.3 Å². The van der Waals surface area contributed by atoms with Crippen LogP contribution in [0.25, 0.3) is 0 Å². The van der Waals surface area contributed by atoms with Crippen LogP contribution in [0.4, 0.5) is 0 Å². The first-order valence-electron chi connectivity index (χ1n) is 3.81. The van der Waals surface area contributed by atoms with Gasteiger partial charge >= 0.3 is 0 Å². The first-order chi connectivity index (χ1) is 5.94. The number of rotatable bonds is 2. The van der Waals surface area contributed by atoms with E-state index in [2.05, 4.69) is 15.9 Å². The molecule has 0 aromatic heterocycles. The highest BCUT2D eigenvalue weighted by Crippen LogP contribution is 2.26. The molecule has 0 bridgehead atoms. The maximum atomic E-state index is 11.0. The molecule has 1 unspecified atom stereocenters. The highest BCUT2D eigenvalue weighted by molar-refractivity contribution is 9.10. The highest BCUT2D eigenvalue weighted by Gasteiger charge is 2.26. The second kappa shape index (κ2) is 3.90. The van der Waals surface area contributed by atoms with E-state index >= 15 is 0 Å². The summed E-state index contributed by atoms with van der Waals surface area (Å²) in [5, 5.41) is 0. The summed E-state index contributed by atoms with van der Waals surface area (Å²) in [5.41, 5.74) is 0.858. The summed E-state index contributed by atoms with van der Waals surface area (Å²) in [7, 11) is 0. The normalized spacial score (nSPS) is 14.2. The van der Waals surface area contributed by atoms with Crippen LogP contribution >= 0.6 is 15.9 Å². The van der Waals surface area contributed by atoms with Gasteiger partial charge in [0.25, 0.3) is 0 Å². The lowest BCUT2D eigenvalue weighted by Crippen LogP contribution is -2.22. The Morgan fingerprint density at radius 3 is 2.15 bits per heavy atom. The lowest BCUT2D eigenvalue weighted by atomic mass is 10.0. The van der Waals surface area contributed by atoms with E-state index in [1.165, 1.54) is 0 Å². The van der Waals surface area contributed by atoms with Crippen molar-refractivity contribution in [1.82, 2.24) is 0 Å². The molecule has 0 saturated carbocycles. The SMILES string of the molecule is CC(C)(c1ccc(Br)cc1)S(=O)O. The van der Waals surface area contributed by atoms with E-state index in [0.29, 0.717) is 0 Å². The van der Waals surface area contributed by atoms with Crippen molar-refractivity contribution in [3.63, 3.8) is 0 Å². The van der Waals surface area contributed by atoms with E-state index in [4.69, 9.17) is 4.55 Å². The quantitative estimate of drug-likeness (QED) is 0.833. The molecule has 0 aliphatic carbocycles. The molecule has 2 nitrogen and oxygen atoms in total. The molecule has 1 rings (SSSR count). The molecule has 1 atom stereocenters. The predicted octanol–water partition coefficient (Wildman–Crippen LogP) is 2.91. The number of hydrogen-bond acceptors (Lipinski definition) is 1. The molecule has 1 aromatic rings. The largest absolute Gasteiger partial charge is 0.305 e. The molecule has 0 amide bonds. The van der Waals surface area contributed by atoms with Crippen molar-refractivity contribution in [2.75, 3.05) is 0 Å². The fraction of sp³-hybridized carbons (Fsp3) is 0.333. The van der Waals surface area contributed by atoms with Crippen molar-refractivity contribution in [2.45, 2.75) is 18.6 Å². The molecule has 72 valence electrons. The molecule has 4 heteroatoms. The summed E-state index contributed by atoms with van der Waals surface area (Å²) >= 11 is 1.46. The van der Waals surface area contributed by atoms with Crippen LogP contribution in [0.1, 0.15) is 19.4 Å². The Morgan fingerprint density at radius 2 is 1.77 bits per heavy atom. The first-order valence-corrected chi connectivity index (χ1v) is 5.71. The van der Waals surface area contributed by atoms with E-state index in [-0.39, 0.29) is 0 Å². The second-order valence-corrected chi connectivity index (χ2v) is 5.70. The van der Waals surface area contributed by atoms with Gasteiger partial charge in [-0.15, -0.1) is 0 Å². The van der Waals surface area contributed by atoms with Gasteiger partial charge in [-0.3, -0.25) is 0 Å². The van der Waals surface area contributed by atoms with Gasteiger partial charge in [0.2, 0.25) is 0 Å². The van der Waals surface area contributed by atoms with Crippen LogP contribution in [0.2, 0.25) is 0 Å². The Bertz CT molecular complexity index is 319. The van der Waals surface area contributed by atoms with E-state index < -0.39 is 15.8 Å². The minimum atomic E-state index is -1.85. The molecule has 0 spiro atoms. The van der Waals surface area contributed by atoms with E-state index in [1.54, 1.807) is 13.8 Å². The van der Waals surface area contributed by atoms with E-state index in [9.17, 15) is 4.21 Å². The van der Waals surface area contributed by atoms with Gasteiger partial charge in [-0.25, -0.2) is 4.21 Å². The minimum absolute atomic E-state index is 0.708. The highest BCUT2D eigenvalue weighted by atomic mass is 79.9. The third-order valence-corrected chi connectivity index (χ3v) is 3.61. The molecule has 1 N–H and O–H groups in total. The Kier molecular flexibility index (Phi) is 3.27. The van der Waals surface area contributed by atoms with Crippen molar-refractivity contribution in [2.24, 2.45) is 0 Å². The van der Waals surface area contributed by atoms with Crippen molar-refractivity contribution in [3.8, 4) is 0 Å². The van der Waals surface area contributed by atoms with Crippen LogP contribution in [-0.4, -0.2) is 8.76 Å². The standard InChI is InChI=1S/C9H11BrO2S/c1-9(2,13(11)12)7-3-5-8(10)6-4-7/h3-6H,1-2H3,(H,11,12). The summed E-state index contributed by atoms with van der Waals surface area (Å²) in [6.45, 7) is 3.48. The van der Waals surface area contributed by atoms with Crippen LogP contribution in [0.3, 0.4) is 0 Å². The van der Waals surface area contributed by atoms with Crippen LogP contribution in [0, 0.1) is 0 Å². The molecule has 0 radical (unpaired) electrons. The van der Waals surface area contributed by atoms with E-state index in [0.717, 1.165) is 10.0 Å². The topological polar surface area (TPSA) is 37.3 Å². The average Bonchev–Trinajstić information content (AvgIpc) is 2.04.